The topological polar surface area (TPSA) is 154 Å². The maximum Gasteiger partial charge on any atom is 0.410 e. The van der Waals surface area contributed by atoms with Gasteiger partial charge in [0, 0.05) is 53.8 Å². The van der Waals surface area contributed by atoms with Gasteiger partial charge < -0.3 is 37.9 Å². The van der Waals surface area contributed by atoms with Crippen molar-refractivity contribution in [1.29, 1.82) is 0 Å². The van der Waals surface area contributed by atoms with Gasteiger partial charge in [0.1, 0.15) is 49.4 Å². The average molecular weight is 1010 g/mol. The normalized spacial score (nSPS) is 18.4. The van der Waals surface area contributed by atoms with Gasteiger partial charge in [-0.05, 0) is 116 Å². The molecule has 3 aliphatic rings. The lowest BCUT2D eigenvalue weighted by Gasteiger charge is -2.34. The Morgan fingerprint density at radius 1 is 0.618 bits per heavy atom. The number of nitrogens with zero attached hydrogens (tertiary/aromatic N) is 8. The van der Waals surface area contributed by atoms with Gasteiger partial charge >= 0.3 is 12.2 Å². The smallest absolute Gasteiger partial charge is 0.410 e. The van der Waals surface area contributed by atoms with Crippen LogP contribution in [0.3, 0.4) is 0 Å². The lowest BCUT2D eigenvalue weighted by Crippen LogP contribution is -2.54. The molecule has 0 aliphatic carbocycles. The fourth-order valence-electron chi connectivity index (χ4n) is 8.68. The number of hydrogen-bond donors (Lipinski definition) is 0. The number of ether oxygens (including phenoxy) is 4. The first-order valence-electron chi connectivity index (χ1n) is 23.6. The van der Waals surface area contributed by atoms with Crippen LogP contribution in [0.2, 0.25) is 51.4 Å². The fraction of sp³-hybridized carbons (Fsp3) is 0.625. The molecule has 68 heavy (non-hydrogen) atoms. The largest absolute Gasteiger partial charge is 0.444 e. The van der Waals surface area contributed by atoms with Crippen molar-refractivity contribution < 1.29 is 38.1 Å². The molecule has 2 aromatic carbocycles. The molecule has 7 rings (SSSR count). The quantitative estimate of drug-likeness (QED) is 0.0881. The zero-order valence-corrected chi connectivity index (χ0v) is 46.4. The highest BCUT2D eigenvalue weighted by atomic mass is 32.1. The van der Waals surface area contributed by atoms with E-state index in [0.29, 0.717) is 60.4 Å². The van der Waals surface area contributed by atoms with Crippen molar-refractivity contribution in [2.75, 3.05) is 49.2 Å². The van der Waals surface area contributed by atoms with E-state index in [1.807, 2.05) is 87.1 Å². The van der Waals surface area contributed by atoms with Crippen molar-refractivity contribution in [2.24, 2.45) is 0 Å². The van der Waals surface area contributed by atoms with Crippen molar-refractivity contribution in [2.45, 2.75) is 155 Å². The monoisotopic (exact) mass is 1010 g/mol. The average Bonchev–Trinajstić information content (AvgIpc) is 4.01. The number of carbonyl (C=O) groups excluding carboxylic acids is 4. The van der Waals surface area contributed by atoms with Gasteiger partial charge in [-0.2, -0.15) is 27.0 Å². The Hall–Kier alpha value is -4.09. The van der Waals surface area contributed by atoms with Gasteiger partial charge in [-0.25, -0.2) is 19.6 Å². The number of piperazine rings is 1. The van der Waals surface area contributed by atoms with E-state index in [1.165, 1.54) is 9.80 Å². The van der Waals surface area contributed by atoms with E-state index >= 15 is 0 Å². The van der Waals surface area contributed by atoms with Gasteiger partial charge in [0.05, 0.1) is 34.2 Å². The van der Waals surface area contributed by atoms with Crippen LogP contribution in [0.25, 0.3) is 22.1 Å². The summed E-state index contributed by atoms with van der Waals surface area (Å²) < 4.78 is 28.3. The summed E-state index contributed by atoms with van der Waals surface area (Å²) in [4.78, 5) is 72.0. The van der Waals surface area contributed by atoms with Crippen LogP contribution < -0.4 is 9.80 Å². The van der Waals surface area contributed by atoms with Gasteiger partial charge in [0.25, 0.3) is 0 Å². The molecule has 5 heterocycles. The molecule has 0 radical (unpaired) electrons. The van der Waals surface area contributed by atoms with Gasteiger partial charge in [-0.3, -0.25) is 19.4 Å². The van der Waals surface area contributed by atoms with Crippen molar-refractivity contribution in [3.8, 4) is 0 Å². The van der Waals surface area contributed by atoms with Crippen LogP contribution in [0.5, 0.6) is 0 Å². The zero-order chi connectivity index (χ0) is 47.9. The van der Waals surface area contributed by atoms with Crippen LogP contribution in [0.1, 0.15) is 91.0 Å². The minimum absolute atomic E-state index is 0. The Balaban J connectivity index is 0.00000432. The highest BCUT2D eigenvalue weighted by Crippen LogP contribution is 2.38. The van der Waals surface area contributed by atoms with E-state index in [4.69, 9.17) is 28.9 Å². The number of amides is 4. The highest BCUT2D eigenvalue weighted by molar-refractivity contribution is 7.59. The second kappa shape index (κ2) is 21.5. The number of anilines is 2. The van der Waals surface area contributed by atoms with Crippen LogP contribution in [0.4, 0.5) is 21.0 Å². The minimum Gasteiger partial charge on any atom is -0.444 e. The van der Waals surface area contributed by atoms with Crippen molar-refractivity contribution in [3.63, 3.8) is 0 Å². The summed E-state index contributed by atoms with van der Waals surface area (Å²) in [7, 11) is -2.74. The Kier molecular flexibility index (Phi) is 17.3. The molecule has 16 nitrogen and oxygen atoms in total. The number of fused-ring (bicyclic) bond motifs is 2. The third kappa shape index (κ3) is 13.2. The molecule has 0 saturated carbocycles. The van der Waals surface area contributed by atoms with Crippen LogP contribution in [-0.4, -0.2) is 120 Å². The van der Waals surface area contributed by atoms with Gasteiger partial charge in [0.2, 0.25) is 11.8 Å². The van der Waals surface area contributed by atoms with E-state index in [9.17, 15) is 19.2 Å². The van der Waals surface area contributed by atoms with Gasteiger partial charge in [0.15, 0.2) is 0 Å². The van der Waals surface area contributed by atoms with Crippen LogP contribution in [-0.2, 0) is 42.0 Å². The standard InChI is InChI=1S/C48H72N8O8Si2.2H2S/c1-47(2,3)63-45(59)51-21-13-15-37(51)43-49-35-19-17-33(27-39(35)55(43)31-61-23-25-65(7,8)9)53-29-42(58)54(30-41(53)57)34-18-20-36-40(28-34)56(32-62-24-26-66(10,11)12)44(50-36)38-16-14-22-52(38)46(60)64-48(4,5)6;;/h17-20,27-28,37-38H,13-16,21-26,29-32H2,1-12H3;2*1H2/t37-,38-;;/m0../s1. The van der Waals surface area contributed by atoms with E-state index in [0.717, 1.165) is 48.8 Å². The lowest BCUT2D eigenvalue weighted by atomic mass is 10.2. The summed E-state index contributed by atoms with van der Waals surface area (Å²) in [6, 6.07) is 12.6. The number of rotatable bonds is 14. The zero-order valence-electron chi connectivity index (χ0n) is 42.4. The molecule has 3 fully saturated rings. The predicted octanol–water partition coefficient (Wildman–Crippen LogP) is 9.76. The van der Waals surface area contributed by atoms with Gasteiger partial charge in [-0.1, -0.05) is 39.3 Å². The molecule has 3 aliphatic heterocycles. The second-order valence-electron chi connectivity index (χ2n) is 22.5. The molecule has 4 aromatic rings. The number of carbonyl (C=O) groups is 4. The Morgan fingerprint density at radius 3 is 1.32 bits per heavy atom. The third-order valence-corrected chi connectivity index (χ3v) is 15.5. The number of hydrogen-bond acceptors (Lipinski definition) is 10. The maximum absolute atomic E-state index is 14.2. The molecule has 3 saturated heterocycles. The SMILES string of the molecule is CC(C)(C)OC(=O)N1CCC[C@H]1c1nc2ccc(N3CC(=O)N(c4ccc5nc([C@@H]6CCCN6C(=O)OC(C)(C)C)n(COCC[Si](C)(C)C)c5c4)CC3=O)cc2n1COCC[Si](C)(C)C.S.S. The molecular weight excluding hydrogens is 937 g/mol. The van der Waals surface area contributed by atoms with Crippen LogP contribution in [0.15, 0.2) is 36.4 Å². The molecule has 0 unspecified atom stereocenters. The van der Waals surface area contributed by atoms with E-state index in [2.05, 4.69) is 39.3 Å². The number of aromatic nitrogens is 4. The van der Waals surface area contributed by atoms with E-state index in [1.54, 1.807) is 9.80 Å². The first-order chi connectivity index (χ1) is 30.9. The summed E-state index contributed by atoms with van der Waals surface area (Å²) in [5, 5.41) is 0. The number of imidazole rings is 2. The summed E-state index contributed by atoms with van der Waals surface area (Å²) in [5.74, 6) is 0.939. The molecule has 0 spiro atoms. The molecule has 20 heteroatoms. The number of likely N-dealkylation sites (tertiary alicyclic amines) is 2. The highest BCUT2D eigenvalue weighted by Gasteiger charge is 2.39. The molecule has 4 amide bonds. The Morgan fingerprint density at radius 2 is 0.985 bits per heavy atom. The van der Waals surface area contributed by atoms with Crippen LogP contribution >= 0.6 is 27.0 Å². The van der Waals surface area contributed by atoms with Gasteiger partial charge in [-0.15, -0.1) is 0 Å². The fourth-order valence-corrected chi connectivity index (χ4v) is 10.2. The maximum atomic E-state index is 14.2. The minimum atomic E-state index is -1.37. The molecule has 2 atom stereocenters. The number of benzene rings is 2. The van der Waals surface area contributed by atoms with E-state index < -0.39 is 27.3 Å². The third-order valence-electron chi connectivity index (χ3n) is 12.1. The summed E-state index contributed by atoms with van der Waals surface area (Å²) in [5.41, 5.74) is 2.78. The van der Waals surface area contributed by atoms with Crippen molar-refractivity contribution >= 4 is 101 Å². The van der Waals surface area contributed by atoms with E-state index in [-0.39, 0.29) is 89.6 Å². The summed E-state index contributed by atoms with van der Waals surface area (Å²) in [6.45, 7) is 27.5. The van der Waals surface area contributed by atoms with Crippen molar-refractivity contribution in [1.82, 2.24) is 28.9 Å². The second-order valence-corrected chi connectivity index (χ2v) is 33.7. The molecule has 376 valence electrons. The first-order valence-corrected chi connectivity index (χ1v) is 31.0. The molecular formula is C48H76N8O8S2Si2. The predicted molar refractivity (Wildman–Crippen MR) is 283 cm³/mol. The summed E-state index contributed by atoms with van der Waals surface area (Å²) >= 11 is 0. The molecule has 2 aromatic heterocycles. The molecule has 0 N–H and O–H groups in total. The Bertz CT molecular complexity index is 2290. The molecule has 0 bridgehead atoms. The van der Waals surface area contributed by atoms with Crippen molar-refractivity contribution in [3.05, 3.63) is 48.0 Å². The summed E-state index contributed by atoms with van der Waals surface area (Å²) in [6.07, 6.45) is 2.32. The Labute approximate surface area is 418 Å². The lowest BCUT2D eigenvalue weighted by molar-refractivity contribution is -0.125. The first kappa shape index (κ1) is 54.8. The van der Waals surface area contributed by atoms with Crippen LogP contribution in [0, 0.1) is 0 Å².